The van der Waals surface area contributed by atoms with Crippen molar-refractivity contribution in [1.29, 1.82) is 0 Å². The number of nitrogens with one attached hydrogen (secondary N) is 2. The molecule has 2 atom stereocenters. The Morgan fingerprint density at radius 1 is 0.694 bits per heavy atom. The van der Waals surface area contributed by atoms with Crippen LogP contribution in [0.25, 0.3) is 51.1 Å². The van der Waals surface area contributed by atoms with Crippen molar-refractivity contribution in [3.63, 3.8) is 0 Å². The number of fused-ring (bicyclic) bond motifs is 6. The summed E-state index contributed by atoms with van der Waals surface area (Å²) < 4.78 is 0. The zero-order valence-electron chi connectivity index (χ0n) is 41.4. The Kier molecular flexibility index (Phi) is 14.0. The number of benzene rings is 7. The van der Waals surface area contributed by atoms with Gasteiger partial charge in [0.1, 0.15) is 0 Å². The molecule has 1 aliphatic heterocycles. The Labute approximate surface area is 426 Å². The zero-order chi connectivity index (χ0) is 49.3. The lowest BCUT2D eigenvalue weighted by Crippen LogP contribution is -2.31. The number of aryl methyl sites for hydroxylation is 1. The van der Waals surface area contributed by atoms with Crippen LogP contribution in [0.15, 0.2) is 273 Å². The van der Waals surface area contributed by atoms with Gasteiger partial charge in [-0.3, -0.25) is 0 Å². The maximum absolute atomic E-state index is 4.22. The fourth-order valence-electron chi connectivity index (χ4n) is 10.6. The van der Waals surface area contributed by atoms with Crippen molar-refractivity contribution < 1.29 is 0 Å². The predicted octanol–water partition coefficient (Wildman–Crippen LogP) is 18.4. The molecule has 0 saturated carbocycles. The van der Waals surface area contributed by atoms with Crippen LogP contribution < -0.4 is 10.6 Å². The highest BCUT2D eigenvalue weighted by Crippen LogP contribution is 2.60. The summed E-state index contributed by atoms with van der Waals surface area (Å²) in [4.78, 5) is 0. The topological polar surface area (TPSA) is 24.1 Å². The van der Waals surface area contributed by atoms with E-state index >= 15 is 0 Å². The molecule has 0 saturated heterocycles. The molecule has 2 aliphatic carbocycles. The first kappa shape index (κ1) is 47.0. The van der Waals surface area contributed by atoms with E-state index in [0.717, 1.165) is 67.9 Å². The van der Waals surface area contributed by atoms with Crippen LogP contribution in [0.4, 0.5) is 11.4 Å². The van der Waals surface area contributed by atoms with Gasteiger partial charge in [-0.2, -0.15) is 0 Å². The lowest BCUT2D eigenvalue weighted by molar-refractivity contribution is 0.701. The van der Waals surface area contributed by atoms with Crippen LogP contribution in [-0.4, -0.2) is 0 Å². The highest BCUT2D eigenvalue weighted by atomic mass is 14.8. The van der Waals surface area contributed by atoms with Crippen LogP contribution in [-0.2, 0) is 5.41 Å². The molecule has 0 spiro atoms. The molecular weight excluding hydrogens is 869 g/mol. The van der Waals surface area contributed by atoms with Gasteiger partial charge in [-0.25, -0.2) is 0 Å². The minimum atomic E-state index is -0.509. The summed E-state index contributed by atoms with van der Waals surface area (Å²) in [6.45, 7) is 10.9. The fourth-order valence-corrected chi connectivity index (χ4v) is 10.6. The second-order valence-corrected chi connectivity index (χ2v) is 18.7. The van der Waals surface area contributed by atoms with Crippen LogP contribution in [0.3, 0.4) is 0 Å². The monoisotopic (exact) mass is 928 g/mol. The van der Waals surface area contributed by atoms with E-state index in [1.807, 2.05) is 36.7 Å². The summed E-state index contributed by atoms with van der Waals surface area (Å²) in [6, 6.07) is 61.2. The van der Waals surface area contributed by atoms with Crippen molar-refractivity contribution >= 4 is 40.2 Å². The molecule has 72 heavy (non-hydrogen) atoms. The molecule has 10 rings (SSSR count). The van der Waals surface area contributed by atoms with Gasteiger partial charge in [0, 0.05) is 29.3 Å². The first-order valence-electron chi connectivity index (χ1n) is 25.1. The molecule has 2 unspecified atom stereocenters. The number of anilines is 2. The highest BCUT2D eigenvalue weighted by Gasteiger charge is 2.49. The third-order valence-corrected chi connectivity index (χ3v) is 14.0. The first-order chi connectivity index (χ1) is 35.4. The van der Waals surface area contributed by atoms with Gasteiger partial charge in [0.25, 0.3) is 0 Å². The van der Waals surface area contributed by atoms with Crippen molar-refractivity contribution in [2.24, 2.45) is 5.92 Å². The maximum atomic E-state index is 4.22. The summed E-state index contributed by atoms with van der Waals surface area (Å²) in [5.74, 6) is 0.465. The molecule has 7 aromatic rings. The van der Waals surface area contributed by atoms with E-state index in [-0.39, 0.29) is 0 Å². The largest absolute Gasteiger partial charge is 0.362 e. The van der Waals surface area contributed by atoms with Gasteiger partial charge in [-0.05, 0) is 164 Å². The molecule has 0 bridgehead atoms. The summed E-state index contributed by atoms with van der Waals surface area (Å²) in [5, 5.41) is 7.04. The normalized spacial score (nSPS) is 19.2. The van der Waals surface area contributed by atoms with Crippen molar-refractivity contribution in [2.45, 2.75) is 32.6 Å². The van der Waals surface area contributed by atoms with Crippen LogP contribution in [0, 0.1) is 12.8 Å². The third kappa shape index (κ3) is 9.60. The zero-order valence-corrected chi connectivity index (χ0v) is 41.4. The molecule has 0 amide bonds. The molecule has 2 heteroatoms. The number of hydrogen-bond donors (Lipinski definition) is 2. The number of allylic oxidation sites excluding steroid dienone is 17. The molecule has 1 heterocycles. The van der Waals surface area contributed by atoms with E-state index in [0.29, 0.717) is 5.92 Å². The van der Waals surface area contributed by atoms with Crippen molar-refractivity contribution in [3.8, 4) is 22.3 Å². The molecular formula is C70H60N2. The number of para-hydroxylation sites is 2. The second-order valence-electron chi connectivity index (χ2n) is 18.7. The smallest absolute Gasteiger partial charge is 0.0713 e. The van der Waals surface area contributed by atoms with Crippen LogP contribution >= 0.6 is 0 Å². The van der Waals surface area contributed by atoms with Gasteiger partial charge in [-0.1, -0.05) is 220 Å². The molecule has 0 aromatic heterocycles. The van der Waals surface area contributed by atoms with Gasteiger partial charge in [0.05, 0.1) is 5.41 Å². The molecule has 2 N–H and O–H groups in total. The summed E-state index contributed by atoms with van der Waals surface area (Å²) in [7, 11) is 0. The standard InChI is InChI=1S/C70H60N2/c1-5-20-60(21-6-2)70(66-32-15-13-30-62(66)65-46-50(3)34-43-67(65)70)68-47-52(36-35-51(68)4)37-38-55(27-18-44-71-61-28-11-8-12-29-61)57-24-17-25-58(48-57)59-42-41-56-40-39-54(53-22-9-7-10-23-53)26-19-45-72-69-33-16-14-31-63(69)64(56)49-59/h5-33,35-50,71-72H,1,34H2,2-4H3/b21-6-,38-37-,40-39-,44-18+,45-19+,54-26+,55-27+,60-20+. The van der Waals surface area contributed by atoms with Gasteiger partial charge < -0.3 is 10.6 Å². The summed E-state index contributed by atoms with van der Waals surface area (Å²) in [5.41, 5.74) is 22.0. The van der Waals surface area contributed by atoms with Crippen LogP contribution in [0.2, 0.25) is 0 Å². The number of hydrogen-bond acceptors (Lipinski definition) is 2. The van der Waals surface area contributed by atoms with Gasteiger partial charge in [0.2, 0.25) is 0 Å². The summed E-state index contributed by atoms with van der Waals surface area (Å²) in [6.07, 6.45) is 36.2. The van der Waals surface area contributed by atoms with E-state index in [9.17, 15) is 0 Å². The minimum Gasteiger partial charge on any atom is -0.362 e. The quantitative estimate of drug-likeness (QED) is 0.119. The van der Waals surface area contributed by atoms with E-state index in [2.05, 4.69) is 269 Å². The SMILES string of the molecule is C=C/C=C(\C=C/C)C1(c2cc(\C=C/C(=C\C=C\Nc3ccccc3)c3cccc(-c4ccc5c(c4)-c4ccccc4N/C=C/C=C(c4ccccc4)\C=C/5)c3)ccc2C)C2=CCC(C)C=C2c2ccccc21. The predicted molar refractivity (Wildman–Crippen MR) is 311 cm³/mol. The maximum Gasteiger partial charge on any atom is 0.0713 e. The Morgan fingerprint density at radius 3 is 2.29 bits per heavy atom. The molecule has 2 nitrogen and oxygen atoms in total. The molecule has 350 valence electrons. The Hall–Kier alpha value is -8.72. The Balaban J connectivity index is 1.06. The van der Waals surface area contributed by atoms with Crippen LogP contribution in [0.1, 0.15) is 64.8 Å². The molecule has 3 aliphatic rings. The lowest BCUT2D eigenvalue weighted by atomic mass is 9.64. The minimum absolute atomic E-state index is 0.465. The Bertz CT molecular complexity index is 3470. The van der Waals surface area contributed by atoms with Gasteiger partial charge in [-0.15, -0.1) is 0 Å². The molecule has 7 aromatic carbocycles. The van der Waals surface area contributed by atoms with E-state index in [4.69, 9.17) is 0 Å². The lowest BCUT2D eigenvalue weighted by Gasteiger charge is -2.37. The average molecular weight is 929 g/mol. The fraction of sp³-hybridized carbons (Fsp3) is 0.0857. The van der Waals surface area contributed by atoms with E-state index in [1.165, 1.54) is 44.5 Å². The van der Waals surface area contributed by atoms with E-state index < -0.39 is 5.41 Å². The van der Waals surface area contributed by atoms with Crippen molar-refractivity contribution in [1.82, 2.24) is 0 Å². The number of rotatable bonds is 12. The van der Waals surface area contributed by atoms with Gasteiger partial charge in [0.15, 0.2) is 0 Å². The Morgan fingerprint density at radius 2 is 1.46 bits per heavy atom. The van der Waals surface area contributed by atoms with Crippen LogP contribution in [0.5, 0.6) is 0 Å². The third-order valence-electron chi connectivity index (χ3n) is 14.0. The van der Waals surface area contributed by atoms with Gasteiger partial charge >= 0.3 is 0 Å². The molecule has 0 radical (unpaired) electrons. The van der Waals surface area contributed by atoms with E-state index in [1.54, 1.807) is 0 Å². The molecule has 0 fully saturated rings. The van der Waals surface area contributed by atoms with Crippen molar-refractivity contribution in [2.75, 3.05) is 10.6 Å². The average Bonchev–Trinajstić information content (AvgIpc) is 3.69. The first-order valence-corrected chi connectivity index (χ1v) is 25.1. The second kappa shape index (κ2) is 21.5. The summed E-state index contributed by atoms with van der Waals surface area (Å²) >= 11 is 0. The highest BCUT2D eigenvalue weighted by molar-refractivity contribution is 5.96. The van der Waals surface area contributed by atoms with Crippen molar-refractivity contribution in [3.05, 3.63) is 317 Å².